The zero-order chi connectivity index (χ0) is 17.8. The van der Waals surface area contributed by atoms with Crippen molar-refractivity contribution in [2.45, 2.75) is 0 Å². The molecule has 130 valence electrons. The minimum Gasteiger partial charge on any atom is -0.465 e. The number of ether oxygens (including phenoxy) is 1. The van der Waals surface area contributed by atoms with Crippen LogP contribution >= 0.6 is 0 Å². The fourth-order valence-electron chi connectivity index (χ4n) is 2.72. The van der Waals surface area contributed by atoms with Gasteiger partial charge >= 0.3 is 5.97 Å². The third-order valence-corrected chi connectivity index (χ3v) is 4.11. The molecule has 0 aliphatic carbocycles. The van der Waals surface area contributed by atoms with Crippen molar-refractivity contribution in [1.82, 2.24) is 14.9 Å². The summed E-state index contributed by atoms with van der Waals surface area (Å²) in [4.78, 5) is 45.1. The standard InChI is InChI=1S/C17H18N4O4/c1-25-17(24)12-2-4-13(5-3-12)20-6-8-21(9-7-20)16(23)14-10-19-15(22)11-18-14/h2-5,10-11H,6-9H2,1H3,(H,19,22). The van der Waals surface area contributed by atoms with Gasteiger partial charge in [-0.05, 0) is 24.3 Å². The zero-order valence-electron chi connectivity index (χ0n) is 13.8. The molecule has 8 nitrogen and oxygen atoms in total. The summed E-state index contributed by atoms with van der Waals surface area (Å²) in [6, 6.07) is 7.19. The number of amides is 1. The minimum atomic E-state index is -0.365. The van der Waals surface area contributed by atoms with Gasteiger partial charge in [0, 0.05) is 38.1 Å². The third-order valence-electron chi connectivity index (χ3n) is 4.11. The van der Waals surface area contributed by atoms with Gasteiger partial charge in [-0.2, -0.15) is 0 Å². The van der Waals surface area contributed by atoms with Gasteiger partial charge in [0.2, 0.25) is 0 Å². The number of hydrogen-bond donors (Lipinski definition) is 1. The Kier molecular flexibility index (Phi) is 4.78. The molecule has 0 radical (unpaired) electrons. The molecule has 1 fully saturated rings. The maximum atomic E-state index is 12.4. The summed E-state index contributed by atoms with van der Waals surface area (Å²) >= 11 is 0. The molecular weight excluding hydrogens is 324 g/mol. The molecule has 25 heavy (non-hydrogen) atoms. The quantitative estimate of drug-likeness (QED) is 0.817. The van der Waals surface area contributed by atoms with Gasteiger partial charge in [-0.1, -0.05) is 0 Å². The average molecular weight is 342 g/mol. The first-order chi connectivity index (χ1) is 12.1. The summed E-state index contributed by atoms with van der Waals surface area (Å²) < 4.78 is 4.69. The number of H-pyrrole nitrogens is 1. The van der Waals surface area contributed by atoms with E-state index in [4.69, 9.17) is 0 Å². The molecule has 1 N–H and O–H groups in total. The lowest BCUT2D eigenvalue weighted by Crippen LogP contribution is -2.49. The fourth-order valence-corrected chi connectivity index (χ4v) is 2.72. The van der Waals surface area contributed by atoms with Crippen molar-refractivity contribution in [3.05, 3.63) is 58.3 Å². The first kappa shape index (κ1) is 16.7. The fraction of sp³-hybridized carbons (Fsp3) is 0.294. The zero-order valence-corrected chi connectivity index (χ0v) is 13.8. The van der Waals surface area contributed by atoms with Crippen molar-refractivity contribution in [3.63, 3.8) is 0 Å². The molecule has 1 aliphatic rings. The van der Waals surface area contributed by atoms with Crippen molar-refractivity contribution < 1.29 is 14.3 Å². The Morgan fingerprint density at radius 3 is 2.36 bits per heavy atom. The Morgan fingerprint density at radius 2 is 1.80 bits per heavy atom. The number of esters is 1. The number of carbonyl (C=O) groups is 2. The van der Waals surface area contributed by atoms with Crippen LogP contribution < -0.4 is 10.5 Å². The van der Waals surface area contributed by atoms with Gasteiger partial charge in [0.05, 0.1) is 18.9 Å². The molecule has 1 aromatic carbocycles. The number of piperazine rings is 1. The number of carbonyl (C=O) groups excluding carboxylic acids is 2. The van der Waals surface area contributed by atoms with Crippen LogP contribution in [-0.2, 0) is 4.74 Å². The summed E-state index contributed by atoms with van der Waals surface area (Å²) in [5.74, 6) is -0.563. The molecule has 0 unspecified atom stereocenters. The molecule has 0 atom stereocenters. The second-order valence-corrected chi connectivity index (χ2v) is 5.61. The lowest BCUT2D eigenvalue weighted by molar-refractivity contribution is 0.0600. The predicted molar refractivity (Wildman–Crippen MR) is 90.8 cm³/mol. The predicted octanol–water partition coefficient (Wildman–Crippen LogP) is 0.519. The van der Waals surface area contributed by atoms with Crippen LogP contribution in [0.1, 0.15) is 20.8 Å². The molecule has 2 aromatic rings. The maximum absolute atomic E-state index is 12.4. The third kappa shape index (κ3) is 3.68. The highest BCUT2D eigenvalue weighted by Crippen LogP contribution is 2.18. The van der Waals surface area contributed by atoms with Gasteiger partial charge in [0.25, 0.3) is 11.5 Å². The Labute approximate surface area is 144 Å². The van der Waals surface area contributed by atoms with E-state index in [1.165, 1.54) is 13.3 Å². The minimum absolute atomic E-state index is 0.197. The van der Waals surface area contributed by atoms with Gasteiger partial charge in [0.1, 0.15) is 5.69 Å². The summed E-state index contributed by atoms with van der Waals surface area (Å²) in [5.41, 5.74) is 1.39. The highest BCUT2D eigenvalue weighted by molar-refractivity contribution is 5.92. The van der Waals surface area contributed by atoms with Crippen LogP contribution in [0.2, 0.25) is 0 Å². The molecule has 0 bridgehead atoms. The number of methoxy groups -OCH3 is 1. The first-order valence-corrected chi connectivity index (χ1v) is 7.86. The topological polar surface area (TPSA) is 95.6 Å². The largest absolute Gasteiger partial charge is 0.465 e. The lowest BCUT2D eigenvalue weighted by atomic mass is 10.2. The van der Waals surface area contributed by atoms with Gasteiger partial charge in [-0.3, -0.25) is 9.59 Å². The van der Waals surface area contributed by atoms with Crippen LogP contribution in [-0.4, -0.2) is 60.0 Å². The van der Waals surface area contributed by atoms with E-state index in [0.29, 0.717) is 31.7 Å². The van der Waals surface area contributed by atoms with E-state index in [-0.39, 0.29) is 23.1 Å². The number of aromatic nitrogens is 2. The lowest BCUT2D eigenvalue weighted by Gasteiger charge is -2.36. The number of rotatable bonds is 3. The number of benzene rings is 1. The molecule has 1 aromatic heterocycles. The molecule has 2 heterocycles. The van der Waals surface area contributed by atoms with Crippen molar-refractivity contribution in [1.29, 1.82) is 0 Å². The van der Waals surface area contributed by atoms with E-state index in [1.54, 1.807) is 17.0 Å². The van der Waals surface area contributed by atoms with Gasteiger partial charge in [-0.25, -0.2) is 9.78 Å². The van der Waals surface area contributed by atoms with Gasteiger partial charge in [-0.15, -0.1) is 0 Å². The highest BCUT2D eigenvalue weighted by Gasteiger charge is 2.23. The molecular formula is C17H18N4O4. The highest BCUT2D eigenvalue weighted by atomic mass is 16.5. The molecule has 1 saturated heterocycles. The van der Waals surface area contributed by atoms with E-state index >= 15 is 0 Å². The van der Waals surface area contributed by atoms with Crippen LogP contribution in [0.5, 0.6) is 0 Å². The number of hydrogen-bond acceptors (Lipinski definition) is 6. The van der Waals surface area contributed by atoms with Crippen molar-refractivity contribution in [2.75, 3.05) is 38.2 Å². The van der Waals surface area contributed by atoms with Gasteiger partial charge < -0.3 is 19.5 Å². The molecule has 1 amide bonds. The monoisotopic (exact) mass is 342 g/mol. The summed E-state index contributed by atoms with van der Waals surface area (Å²) in [6.45, 7) is 2.45. The maximum Gasteiger partial charge on any atom is 0.337 e. The Bertz CT molecular complexity index is 803. The van der Waals surface area contributed by atoms with Crippen molar-refractivity contribution in [2.24, 2.45) is 0 Å². The van der Waals surface area contributed by atoms with Crippen LogP contribution in [0.25, 0.3) is 0 Å². The van der Waals surface area contributed by atoms with Crippen LogP contribution in [0.3, 0.4) is 0 Å². The van der Waals surface area contributed by atoms with Crippen molar-refractivity contribution >= 4 is 17.6 Å². The van der Waals surface area contributed by atoms with Crippen LogP contribution in [0, 0.1) is 0 Å². The van der Waals surface area contributed by atoms with E-state index in [9.17, 15) is 14.4 Å². The van der Waals surface area contributed by atoms with E-state index in [2.05, 4.69) is 19.6 Å². The SMILES string of the molecule is COC(=O)c1ccc(N2CCN(C(=O)c3c[nH]c(=O)cn3)CC2)cc1. The van der Waals surface area contributed by atoms with E-state index in [0.717, 1.165) is 11.9 Å². The Hall–Kier alpha value is -3.16. The van der Waals surface area contributed by atoms with Crippen molar-refractivity contribution in [3.8, 4) is 0 Å². The Balaban J connectivity index is 1.61. The molecule has 0 spiro atoms. The molecule has 1 aliphatic heterocycles. The number of nitrogens with one attached hydrogen (secondary N) is 1. The Morgan fingerprint density at radius 1 is 1.12 bits per heavy atom. The second kappa shape index (κ2) is 7.16. The molecule has 0 saturated carbocycles. The summed E-state index contributed by atoms with van der Waals surface area (Å²) in [5, 5.41) is 0. The first-order valence-electron chi connectivity index (χ1n) is 7.86. The smallest absolute Gasteiger partial charge is 0.337 e. The second-order valence-electron chi connectivity index (χ2n) is 5.61. The molecule has 8 heteroatoms. The number of nitrogens with zero attached hydrogens (tertiary/aromatic N) is 3. The average Bonchev–Trinajstić information content (AvgIpc) is 2.67. The summed E-state index contributed by atoms with van der Waals surface area (Å²) in [6.07, 6.45) is 2.44. The normalized spacial score (nSPS) is 14.3. The van der Waals surface area contributed by atoms with E-state index in [1.807, 2.05) is 12.1 Å². The number of anilines is 1. The van der Waals surface area contributed by atoms with E-state index < -0.39 is 0 Å². The van der Waals surface area contributed by atoms with Crippen LogP contribution in [0.4, 0.5) is 5.69 Å². The van der Waals surface area contributed by atoms with Gasteiger partial charge in [0.15, 0.2) is 0 Å². The molecule has 3 rings (SSSR count). The number of aromatic amines is 1. The summed E-state index contributed by atoms with van der Waals surface area (Å²) in [7, 11) is 1.35. The van der Waals surface area contributed by atoms with Crippen LogP contribution in [0.15, 0.2) is 41.5 Å².